The average molecular weight is 380 g/mol. The van der Waals surface area contributed by atoms with E-state index < -0.39 is 0 Å². The van der Waals surface area contributed by atoms with E-state index in [-0.39, 0.29) is 12.1 Å². The Morgan fingerprint density at radius 2 is 2.00 bits per heavy atom. The van der Waals surface area contributed by atoms with E-state index in [2.05, 4.69) is 25.8 Å². The molecule has 0 aromatic heterocycles. The summed E-state index contributed by atoms with van der Waals surface area (Å²) in [6.45, 7) is 6.45. The molecule has 0 bridgehead atoms. The number of hydrogen-bond donors (Lipinski definition) is 3. The number of nitrogens with zero attached hydrogens (tertiary/aromatic N) is 2. The molecule has 2 aliphatic carbocycles. The second kappa shape index (κ2) is 10.2. The molecule has 3 rings (SSSR count). The van der Waals surface area contributed by atoms with E-state index in [9.17, 15) is 4.79 Å². The molecule has 0 spiro atoms. The Balaban J connectivity index is 1.39. The zero-order valence-electron chi connectivity index (χ0n) is 17.0. The fourth-order valence-electron chi connectivity index (χ4n) is 4.43. The van der Waals surface area contributed by atoms with Crippen molar-refractivity contribution in [3.8, 4) is 0 Å². The predicted molar refractivity (Wildman–Crippen MR) is 108 cm³/mol. The molecule has 27 heavy (non-hydrogen) atoms. The van der Waals surface area contributed by atoms with Crippen molar-refractivity contribution >= 4 is 12.1 Å². The minimum atomic E-state index is -0.322. The fraction of sp³-hybridized carbons (Fsp3) is 0.900. The summed E-state index contributed by atoms with van der Waals surface area (Å²) in [6.07, 6.45) is 8.84. The summed E-state index contributed by atoms with van der Waals surface area (Å²) >= 11 is 0. The zero-order valence-corrected chi connectivity index (χ0v) is 17.0. The van der Waals surface area contributed by atoms with Gasteiger partial charge in [-0.15, -0.1) is 0 Å². The minimum absolute atomic E-state index is 0.102. The number of amides is 1. The summed E-state index contributed by atoms with van der Waals surface area (Å²) in [6, 6.07) is 0.556. The number of likely N-dealkylation sites (tertiary alicyclic amines) is 1. The Bertz CT molecular complexity index is 503. The molecule has 3 aliphatic rings. The Morgan fingerprint density at radius 1 is 1.22 bits per heavy atom. The molecule has 1 amide bonds. The van der Waals surface area contributed by atoms with Crippen LogP contribution in [-0.4, -0.2) is 68.9 Å². The van der Waals surface area contributed by atoms with E-state index in [0.29, 0.717) is 25.1 Å². The van der Waals surface area contributed by atoms with Crippen LogP contribution in [-0.2, 0) is 4.74 Å². The molecule has 0 aromatic rings. The van der Waals surface area contributed by atoms with Crippen molar-refractivity contribution in [3.05, 3.63) is 0 Å². The van der Waals surface area contributed by atoms with Crippen LogP contribution in [0.3, 0.4) is 0 Å². The van der Waals surface area contributed by atoms with Crippen LogP contribution in [0, 0.1) is 11.8 Å². The van der Waals surface area contributed by atoms with E-state index in [1.54, 1.807) is 0 Å². The van der Waals surface area contributed by atoms with Gasteiger partial charge >= 0.3 is 6.09 Å². The lowest BCUT2D eigenvalue weighted by Crippen LogP contribution is -2.50. The van der Waals surface area contributed by atoms with Gasteiger partial charge < -0.3 is 25.6 Å². The van der Waals surface area contributed by atoms with Gasteiger partial charge in [-0.05, 0) is 50.9 Å². The molecule has 0 aromatic carbocycles. The van der Waals surface area contributed by atoms with Crippen LogP contribution in [0.5, 0.6) is 0 Å². The van der Waals surface area contributed by atoms with E-state index in [4.69, 9.17) is 4.74 Å². The van der Waals surface area contributed by atoms with Gasteiger partial charge in [0.2, 0.25) is 0 Å². The molecule has 1 aliphatic heterocycles. The maximum absolute atomic E-state index is 11.7. The first kappa shape index (κ1) is 20.2. The van der Waals surface area contributed by atoms with Crippen molar-refractivity contribution in [2.75, 3.05) is 39.8 Å². The number of carbonyl (C=O) groups is 1. The molecule has 7 nitrogen and oxygen atoms in total. The van der Waals surface area contributed by atoms with Crippen LogP contribution in [0.25, 0.3) is 0 Å². The molecule has 2 unspecified atom stereocenters. The highest BCUT2D eigenvalue weighted by Crippen LogP contribution is 2.32. The van der Waals surface area contributed by atoms with Crippen molar-refractivity contribution in [2.24, 2.45) is 16.8 Å². The van der Waals surface area contributed by atoms with Crippen LogP contribution < -0.4 is 16.0 Å². The van der Waals surface area contributed by atoms with Crippen LogP contribution in [0.2, 0.25) is 0 Å². The normalized spacial score (nSPS) is 25.4. The predicted octanol–water partition coefficient (Wildman–Crippen LogP) is 1.94. The number of carbonyl (C=O) groups excluding carboxylic acids is 1. The number of rotatable bonds is 8. The van der Waals surface area contributed by atoms with Gasteiger partial charge in [-0.1, -0.05) is 12.8 Å². The van der Waals surface area contributed by atoms with Crippen LogP contribution in [0.4, 0.5) is 4.79 Å². The second-order valence-electron chi connectivity index (χ2n) is 8.30. The molecular weight excluding hydrogens is 342 g/mol. The number of nitrogens with one attached hydrogen (secondary N) is 3. The van der Waals surface area contributed by atoms with Gasteiger partial charge in [0, 0.05) is 39.3 Å². The van der Waals surface area contributed by atoms with Crippen molar-refractivity contribution < 1.29 is 9.53 Å². The number of guanidine groups is 1. The zero-order chi connectivity index (χ0) is 19.1. The summed E-state index contributed by atoms with van der Waals surface area (Å²) in [7, 11) is 1.81. The van der Waals surface area contributed by atoms with E-state index in [1.807, 2.05) is 14.0 Å². The molecule has 3 fully saturated rings. The van der Waals surface area contributed by atoms with Crippen molar-refractivity contribution in [3.63, 3.8) is 0 Å². The van der Waals surface area contributed by atoms with Crippen LogP contribution in [0.15, 0.2) is 4.99 Å². The summed E-state index contributed by atoms with van der Waals surface area (Å²) in [5.41, 5.74) is 0. The van der Waals surface area contributed by atoms with Gasteiger partial charge in [0.25, 0.3) is 0 Å². The van der Waals surface area contributed by atoms with Gasteiger partial charge in [0.05, 0.1) is 12.6 Å². The number of hydrogen-bond acceptors (Lipinski definition) is 4. The highest BCUT2D eigenvalue weighted by Gasteiger charge is 2.33. The molecule has 2 saturated carbocycles. The fourth-order valence-corrected chi connectivity index (χ4v) is 4.43. The SMILES string of the molecule is CCOC(=O)NC(CNC(=NC)NC1CCN(CC2CCCC2)C1)C1CC1. The van der Waals surface area contributed by atoms with Crippen molar-refractivity contribution in [1.29, 1.82) is 0 Å². The van der Waals surface area contributed by atoms with Gasteiger partial charge in [-0.3, -0.25) is 4.99 Å². The molecule has 0 radical (unpaired) electrons. The maximum Gasteiger partial charge on any atom is 0.407 e. The molecule has 2 atom stereocenters. The van der Waals surface area contributed by atoms with E-state index >= 15 is 0 Å². The Kier molecular flexibility index (Phi) is 7.61. The molecular formula is C20H37N5O2. The summed E-state index contributed by atoms with van der Waals surface area (Å²) in [5.74, 6) is 2.29. The summed E-state index contributed by atoms with van der Waals surface area (Å²) < 4.78 is 5.03. The quantitative estimate of drug-likeness (QED) is 0.444. The topological polar surface area (TPSA) is 78.0 Å². The summed E-state index contributed by atoms with van der Waals surface area (Å²) in [5, 5.41) is 9.96. The highest BCUT2D eigenvalue weighted by molar-refractivity contribution is 5.80. The molecule has 3 N–H and O–H groups in total. The lowest BCUT2D eigenvalue weighted by molar-refractivity contribution is 0.146. The van der Waals surface area contributed by atoms with Crippen molar-refractivity contribution in [2.45, 2.75) is 64.0 Å². The maximum atomic E-state index is 11.7. The van der Waals surface area contributed by atoms with Crippen molar-refractivity contribution in [1.82, 2.24) is 20.9 Å². The standard InChI is InChI=1S/C20H37N5O2/c1-3-27-20(26)24-18(16-8-9-16)12-22-19(21-2)23-17-10-11-25(14-17)13-15-6-4-5-7-15/h15-18H,3-14H2,1-2H3,(H,24,26)(H2,21,22,23). The third-order valence-corrected chi connectivity index (χ3v) is 6.09. The van der Waals surface area contributed by atoms with Gasteiger partial charge in [-0.25, -0.2) is 4.79 Å². The largest absolute Gasteiger partial charge is 0.450 e. The van der Waals surface area contributed by atoms with Gasteiger partial charge in [-0.2, -0.15) is 0 Å². The molecule has 7 heteroatoms. The lowest BCUT2D eigenvalue weighted by atomic mass is 10.1. The van der Waals surface area contributed by atoms with E-state index in [0.717, 1.165) is 18.4 Å². The smallest absolute Gasteiger partial charge is 0.407 e. The minimum Gasteiger partial charge on any atom is -0.450 e. The number of aliphatic imine (C=N–C) groups is 1. The van der Waals surface area contributed by atoms with Crippen LogP contribution in [0.1, 0.15) is 51.9 Å². The van der Waals surface area contributed by atoms with Gasteiger partial charge in [0.15, 0.2) is 5.96 Å². The monoisotopic (exact) mass is 379 g/mol. The third-order valence-electron chi connectivity index (χ3n) is 6.09. The van der Waals surface area contributed by atoms with Crippen LogP contribution >= 0.6 is 0 Å². The van der Waals surface area contributed by atoms with E-state index in [1.165, 1.54) is 58.0 Å². The molecule has 1 heterocycles. The highest BCUT2D eigenvalue weighted by atomic mass is 16.5. The van der Waals surface area contributed by atoms with Gasteiger partial charge in [0.1, 0.15) is 0 Å². The molecule has 1 saturated heterocycles. The molecule has 154 valence electrons. The first-order chi connectivity index (χ1) is 13.2. The number of alkyl carbamates (subject to hydrolysis) is 1. The second-order valence-corrected chi connectivity index (χ2v) is 8.30. The average Bonchev–Trinajstić information content (AvgIpc) is 3.20. The summed E-state index contributed by atoms with van der Waals surface area (Å²) in [4.78, 5) is 18.7. The first-order valence-electron chi connectivity index (χ1n) is 10.8. The lowest BCUT2D eigenvalue weighted by Gasteiger charge is -2.23. The third kappa shape index (κ3) is 6.55. The first-order valence-corrected chi connectivity index (χ1v) is 10.8. The Hall–Kier alpha value is -1.50. The Labute approximate surface area is 163 Å². The Morgan fingerprint density at radius 3 is 2.67 bits per heavy atom. The number of ether oxygens (including phenoxy) is 1.